The number of rotatable bonds is 2. The predicted molar refractivity (Wildman–Crippen MR) is 71.3 cm³/mol. The highest BCUT2D eigenvalue weighted by Gasteiger charge is 2.56. The van der Waals surface area contributed by atoms with E-state index in [9.17, 15) is 20.1 Å². The number of hydrogen-bond donors (Lipinski definition) is 3. The molecule has 2 aliphatic rings. The summed E-state index contributed by atoms with van der Waals surface area (Å²) in [4.78, 5) is 10.9. The van der Waals surface area contributed by atoms with Crippen molar-refractivity contribution in [3.8, 4) is 0 Å². The first-order chi connectivity index (χ1) is 8.82. The second kappa shape index (κ2) is 4.85. The molecule has 0 amide bonds. The molecule has 0 aromatic rings. The summed E-state index contributed by atoms with van der Waals surface area (Å²) in [5, 5.41) is 31.0. The maximum absolute atomic E-state index is 10.9. The van der Waals surface area contributed by atoms with Crippen LogP contribution in [0.2, 0.25) is 0 Å². The Morgan fingerprint density at radius 3 is 2.63 bits per heavy atom. The first kappa shape index (κ1) is 14.4. The average molecular weight is 266 g/mol. The van der Waals surface area contributed by atoms with Crippen LogP contribution in [0.1, 0.15) is 26.2 Å². The van der Waals surface area contributed by atoms with Crippen molar-refractivity contribution >= 4 is 6.29 Å². The van der Waals surface area contributed by atoms with Gasteiger partial charge >= 0.3 is 0 Å². The Morgan fingerprint density at radius 1 is 1.42 bits per heavy atom. The Morgan fingerprint density at radius 2 is 2.05 bits per heavy atom. The summed E-state index contributed by atoms with van der Waals surface area (Å²) in [6.07, 6.45) is -0.172. The molecule has 0 aromatic heterocycles. The van der Waals surface area contributed by atoms with Crippen molar-refractivity contribution in [1.29, 1.82) is 0 Å². The van der Waals surface area contributed by atoms with Crippen molar-refractivity contribution in [3.63, 3.8) is 0 Å². The molecule has 6 atom stereocenters. The van der Waals surface area contributed by atoms with Gasteiger partial charge in [0, 0.05) is 17.3 Å². The molecule has 106 valence electrons. The van der Waals surface area contributed by atoms with E-state index in [4.69, 9.17) is 0 Å². The Bertz CT molecular complexity index is 416. The van der Waals surface area contributed by atoms with Gasteiger partial charge in [-0.2, -0.15) is 0 Å². The van der Waals surface area contributed by atoms with Gasteiger partial charge in [0.25, 0.3) is 0 Å². The third-order valence-electron chi connectivity index (χ3n) is 5.00. The standard InChI is InChI=1S/C15H22O4/c1-8-4-5-11(18)15(3)6-10(17)12(9(2)7-16)14(19)13(8)15/h7,10-14,17-19H,1-2,4-6H2,3H3/t10-,11+,12+,13-,14-,15-/m0/s1. The zero-order valence-electron chi connectivity index (χ0n) is 11.2. The minimum Gasteiger partial charge on any atom is -0.393 e. The predicted octanol–water partition coefficient (Wildman–Crippen LogP) is 0.817. The monoisotopic (exact) mass is 266 g/mol. The summed E-state index contributed by atoms with van der Waals surface area (Å²) in [6.45, 7) is 9.50. The molecule has 0 bridgehead atoms. The van der Waals surface area contributed by atoms with Crippen LogP contribution < -0.4 is 0 Å². The number of hydrogen-bond acceptors (Lipinski definition) is 4. The second-order valence-corrected chi connectivity index (χ2v) is 6.18. The lowest BCUT2D eigenvalue weighted by Crippen LogP contribution is -2.58. The Balaban J connectivity index is 2.39. The summed E-state index contributed by atoms with van der Waals surface area (Å²) >= 11 is 0. The van der Waals surface area contributed by atoms with Crippen molar-refractivity contribution in [3.05, 3.63) is 24.3 Å². The van der Waals surface area contributed by atoms with E-state index in [0.29, 0.717) is 25.5 Å². The number of aldehydes is 1. The molecule has 0 aromatic carbocycles. The molecular weight excluding hydrogens is 244 g/mol. The van der Waals surface area contributed by atoms with E-state index in [1.807, 2.05) is 6.92 Å². The number of carbonyl (C=O) groups excluding carboxylic acids is 1. The molecule has 0 saturated heterocycles. The lowest BCUT2D eigenvalue weighted by molar-refractivity contribution is -0.148. The van der Waals surface area contributed by atoms with Crippen molar-refractivity contribution in [2.75, 3.05) is 0 Å². The molecule has 2 rings (SSSR count). The lowest BCUT2D eigenvalue weighted by atomic mass is 9.53. The van der Waals surface area contributed by atoms with Gasteiger partial charge in [-0.05, 0) is 24.8 Å². The zero-order chi connectivity index (χ0) is 14.4. The maximum atomic E-state index is 10.9. The SMILES string of the molecule is C=C(C=O)[C@H]1[C@H](O)[C@@H]2C(=C)CC[C@@H](O)[C@]2(C)C[C@@H]1O. The summed E-state index contributed by atoms with van der Waals surface area (Å²) in [5.74, 6) is -0.973. The Hall–Kier alpha value is -0.970. The molecule has 0 heterocycles. The van der Waals surface area contributed by atoms with E-state index in [-0.39, 0.29) is 11.5 Å². The van der Waals surface area contributed by atoms with Crippen molar-refractivity contribution in [2.24, 2.45) is 17.3 Å². The van der Waals surface area contributed by atoms with Crippen LogP contribution >= 0.6 is 0 Å². The van der Waals surface area contributed by atoms with Crippen molar-refractivity contribution in [1.82, 2.24) is 0 Å². The highest BCUT2D eigenvalue weighted by Crippen LogP contribution is 2.54. The molecule has 0 spiro atoms. The van der Waals surface area contributed by atoms with Crippen LogP contribution in [0.15, 0.2) is 24.3 Å². The van der Waals surface area contributed by atoms with E-state index >= 15 is 0 Å². The van der Waals surface area contributed by atoms with E-state index in [1.54, 1.807) is 0 Å². The maximum Gasteiger partial charge on any atom is 0.145 e. The Kier molecular flexibility index (Phi) is 3.69. The normalized spacial score (nSPS) is 46.5. The van der Waals surface area contributed by atoms with E-state index in [1.165, 1.54) is 0 Å². The number of aliphatic hydroxyl groups excluding tert-OH is 3. The minimum atomic E-state index is -0.922. The fourth-order valence-corrected chi connectivity index (χ4v) is 3.93. The van der Waals surface area contributed by atoms with Crippen LogP contribution in [0, 0.1) is 17.3 Å². The second-order valence-electron chi connectivity index (χ2n) is 6.18. The van der Waals surface area contributed by atoms with Gasteiger partial charge < -0.3 is 15.3 Å². The molecule has 2 aliphatic carbocycles. The van der Waals surface area contributed by atoms with Crippen molar-refractivity contribution < 1.29 is 20.1 Å². The lowest BCUT2D eigenvalue weighted by Gasteiger charge is -2.55. The van der Waals surface area contributed by atoms with Gasteiger partial charge in [0.2, 0.25) is 0 Å². The van der Waals surface area contributed by atoms with Crippen LogP contribution in [0.5, 0.6) is 0 Å². The molecule has 4 heteroatoms. The summed E-state index contributed by atoms with van der Waals surface area (Å²) in [6, 6.07) is 0. The fraction of sp³-hybridized carbons (Fsp3) is 0.667. The minimum absolute atomic E-state index is 0.204. The molecule has 0 radical (unpaired) electrons. The first-order valence-corrected chi connectivity index (χ1v) is 6.68. The van der Waals surface area contributed by atoms with Crippen LogP contribution in [-0.4, -0.2) is 39.9 Å². The quantitative estimate of drug-likeness (QED) is 0.393. The third kappa shape index (κ3) is 2.08. The van der Waals surface area contributed by atoms with Crippen LogP contribution in [-0.2, 0) is 4.79 Å². The van der Waals surface area contributed by atoms with Crippen LogP contribution in [0.25, 0.3) is 0 Å². The van der Waals surface area contributed by atoms with E-state index < -0.39 is 29.6 Å². The Labute approximate surface area is 113 Å². The fourth-order valence-electron chi connectivity index (χ4n) is 3.93. The molecular formula is C15H22O4. The van der Waals surface area contributed by atoms with E-state index in [2.05, 4.69) is 13.2 Å². The summed E-state index contributed by atoms with van der Waals surface area (Å²) in [7, 11) is 0. The molecule has 2 saturated carbocycles. The van der Waals surface area contributed by atoms with Gasteiger partial charge in [0.1, 0.15) is 6.29 Å². The van der Waals surface area contributed by atoms with Crippen LogP contribution in [0.4, 0.5) is 0 Å². The van der Waals surface area contributed by atoms with Gasteiger partial charge in [-0.15, -0.1) is 0 Å². The third-order valence-corrected chi connectivity index (χ3v) is 5.00. The van der Waals surface area contributed by atoms with Crippen LogP contribution in [0.3, 0.4) is 0 Å². The van der Waals surface area contributed by atoms with Gasteiger partial charge in [-0.25, -0.2) is 0 Å². The largest absolute Gasteiger partial charge is 0.393 e. The molecule has 2 fully saturated rings. The highest BCUT2D eigenvalue weighted by molar-refractivity contribution is 5.73. The van der Waals surface area contributed by atoms with E-state index in [0.717, 1.165) is 5.57 Å². The molecule has 4 nitrogen and oxygen atoms in total. The van der Waals surface area contributed by atoms with Crippen molar-refractivity contribution in [2.45, 2.75) is 44.5 Å². The summed E-state index contributed by atoms with van der Waals surface area (Å²) < 4.78 is 0. The van der Waals surface area contributed by atoms with Gasteiger partial charge in [-0.1, -0.05) is 25.7 Å². The average Bonchev–Trinajstić information content (AvgIpc) is 2.33. The summed E-state index contributed by atoms with van der Waals surface area (Å²) in [5.41, 5.74) is 0.499. The molecule has 19 heavy (non-hydrogen) atoms. The first-order valence-electron chi connectivity index (χ1n) is 6.68. The highest BCUT2D eigenvalue weighted by atomic mass is 16.3. The van der Waals surface area contributed by atoms with Gasteiger partial charge in [0.15, 0.2) is 0 Å². The topological polar surface area (TPSA) is 77.8 Å². The number of carbonyl (C=O) groups is 1. The van der Waals surface area contributed by atoms with Gasteiger partial charge in [0.05, 0.1) is 18.3 Å². The molecule has 0 unspecified atom stereocenters. The number of fused-ring (bicyclic) bond motifs is 1. The zero-order valence-corrected chi connectivity index (χ0v) is 11.2. The molecule has 3 N–H and O–H groups in total. The smallest absolute Gasteiger partial charge is 0.145 e. The van der Waals surface area contributed by atoms with Gasteiger partial charge in [-0.3, -0.25) is 4.79 Å². The molecule has 0 aliphatic heterocycles. The number of aliphatic hydroxyl groups is 3.